The van der Waals surface area contributed by atoms with E-state index in [9.17, 15) is 4.79 Å². The molecule has 1 aliphatic rings. The number of hydrogen-bond donors (Lipinski definition) is 1. The van der Waals surface area contributed by atoms with Crippen molar-refractivity contribution >= 4 is 11.6 Å². The van der Waals surface area contributed by atoms with Crippen LogP contribution in [0.2, 0.25) is 5.02 Å². The van der Waals surface area contributed by atoms with Gasteiger partial charge in [0.1, 0.15) is 11.5 Å². The molecular weight excluding hydrogens is 370 g/mol. The molecule has 1 unspecified atom stereocenters. The highest BCUT2D eigenvalue weighted by molar-refractivity contribution is 6.30. The summed E-state index contributed by atoms with van der Waals surface area (Å²) in [6.45, 7) is 6.20. The summed E-state index contributed by atoms with van der Waals surface area (Å²) < 4.78 is 5.92. The summed E-state index contributed by atoms with van der Waals surface area (Å²) in [5.74, 6) is 2.04. The van der Waals surface area contributed by atoms with Gasteiger partial charge in [-0.25, -0.2) is 0 Å². The SMILES string of the molecule is Cc1cc(Cl)cc(Oc2ccc(-c3c(C)[nH]c4c(c3=O)CCC(C)C4)cc2)c1. The molecule has 0 spiro atoms. The van der Waals surface area contributed by atoms with Crippen molar-refractivity contribution in [2.75, 3.05) is 0 Å². The third-order valence-corrected chi connectivity index (χ3v) is 5.63. The molecule has 2 aromatic carbocycles. The average molecular weight is 394 g/mol. The Morgan fingerprint density at radius 1 is 1.07 bits per heavy atom. The van der Waals surface area contributed by atoms with Gasteiger partial charge in [0.05, 0.1) is 0 Å². The van der Waals surface area contributed by atoms with Gasteiger partial charge in [-0.05, 0) is 80.5 Å². The number of rotatable bonds is 3. The second-order valence-electron chi connectivity index (χ2n) is 7.85. The van der Waals surface area contributed by atoms with Crippen LogP contribution in [0.1, 0.15) is 35.9 Å². The van der Waals surface area contributed by atoms with Crippen LogP contribution in [0, 0.1) is 19.8 Å². The summed E-state index contributed by atoms with van der Waals surface area (Å²) in [4.78, 5) is 16.6. The Kier molecular flexibility index (Phi) is 5.03. The number of pyridine rings is 1. The first kappa shape index (κ1) is 18.8. The third-order valence-electron chi connectivity index (χ3n) is 5.41. The molecule has 0 aliphatic heterocycles. The minimum Gasteiger partial charge on any atom is -0.457 e. The van der Waals surface area contributed by atoms with Gasteiger partial charge in [-0.15, -0.1) is 0 Å². The predicted molar refractivity (Wildman–Crippen MR) is 115 cm³/mol. The standard InChI is InChI=1S/C24H24ClNO2/c1-14-4-9-21-22(12-14)26-16(3)23(24(21)27)17-5-7-19(8-6-17)28-20-11-15(2)10-18(25)13-20/h5-8,10-11,13-14H,4,9,12H2,1-3H3,(H,26,27). The molecular formula is C24H24ClNO2. The van der Waals surface area contributed by atoms with Crippen molar-refractivity contribution in [1.82, 2.24) is 4.98 Å². The van der Waals surface area contributed by atoms with Gasteiger partial charge in [0.2, 0.25) is 0 Å². The minimum atomic E-state index is 0.164. The van der Waals surface area contributed by atoms with Gasteiger partial charge in [0.15, 0.2) is 5.43 Å². The Hall–Kier alpha value is -2.52. The fourth-order valence-electron chi connectivity index (χ4n) is 4.04. The largest absolute Gasteiger partial charge is 0.457 e. The minimum absolute atomic E-state index is 0.164. The smallest absolute Gasteiger partial charge is 0.193 e. The Labute approximate surface area is 170 Å². The number of benzene rings is 2. The molecule has 1 aromatic heterocycles. The number of aromatic nitrogens is 1. The number of aryl methyl sites for hydroxylation is 2. The molecule has 3 nitrogen and oxygen atoms in total. The molecule has 144 valence electrons. The monoisotopic (exact) mass is 393 g/mol. The van der Waals surface area contributed by atoms with Crippen LogP contribution in [0.15, 0.2) is 47.3 Å². The first-order valence-electron chi connectivity index (χ1n) is 9.71. The van der Waals surface area contributed by atoms with Crippen molar-refractivity contribution < 1.29 is 4.74 Å². The molecule has 0 fully saturated rings. The van der Waals surface area contributed by atoms with E-state index < -0.39 is 0 Å². The molecule has 3 aromatic rings. The van der Waals surface area contributed by atoms with Crippen LogP contribution in [-0.2, 0) is 12.8 Å². The zero-order valence-electron chi connectivity index (χ0n) is 16.4. The Bertz CT molecular complexity index is 1060. The highest BCUT2D eigenvalue weighted by Crippen LogP contribution is 2.30. The van der Waals surface area contributed by atoms with Crippen molar-refractivity contribution in [3.8, 4) is 22.6 Å². The van der Waals surface area contributed by atoms with Gasteiger partial charge in [0, 0.05) is 27.5 Å². The molecule has 1 heterocycles. The second-order valence-corrected chi connectivity index (χ2v) is 8.29. The summed E-state index contributed by atoms with van der Waals surface area (Å²) in [7, 11) is 0. The average Bonchev–Trinajstić information content (AvgIpc) is 2.62. The lowest BCUT2D eigenvalue weighted by molar-refractivity contribution is 0.482. The first-order valence-corrected chi connectivity index (χ1v) is 10.1. The van der Waals surface area contributed by atoms with E-state index in [1.807, 2.05) is 50.2 Å². The second kappa shape index (κ2) is 7.48. The van der Waals surface area contributed by atoms with Crippen LogP contribution >= 0.6 is 11.6 Å². The quantitative estimate of drug-likeness (QED) is 0.573. The zero-order valence-corrected chi connectivity index (χ0v) is 17.2. The maximum absolute atomic E-state index is 13.1. The van der Waals surface area contributed by atoms with Crippen LogP contribution in [-0.4, -0.2) is 4.98 Å². The maximum Gasteiger partial charge on any atom is 0.193 e. The van der Waals surface area contributed by atoms with E-state index in [-0.39, 0.29) is 5.43 Å². The molecule has 4 rings (SSSR count). The molecule has 1 atom stereocenters. The molecule has 1 N–H and O–H groups in total. The summed E-state index contributed by atoms with van der Waals surface area (Å²) in [6, 6.07) is 13.3. The van der Waals surface area contributed by atoms with Gasteiger partial charge in [-0.3, -0.25) is 4.79 Å². The predicted octanol–water partition coefficient (Wildman–Crippen LogP) is 6.23. The first-order chi connectivity index (χ1) is 13.4. The Morgan fingerprint density at radius 3 is 2.54 bits per heavy atom. The lowest BCUT2D eigenvalue weighted by atomic mass is 9.86. The number of ether oxygens (including phenoxy) is 1. The van der Waals surface area contributed by atoms with Crippen LogP contribution < -0.4 is 10.2 Å². The Balaban J connectivity index is 1.65. The molecule has 0 amide bonds. The van der Waals surface area contributed by atoms with E-state index in [0.29, 0.717) is 22.4 Å². The van der Waals surface area contributed by atoms with Gasteiger partial charge in [0.25, 0.3) is 0 Å². The van der Waals surface area contributed by atoms with Crippen molar-refractivity contribution in [1.29, 1.82) is 0 Å². The molecule has 28 heavy (non-hydrogen) atoms. The van der Waals surface area contributed by atoms with Gasteiger partial charge in [-0.2, -0.15) is 0 Å². The number of H-pyrrole nitrogens is 1. The summed E-state index contributed by atoms with van der Waals surface area (Å²) >= 11 is 6.11. The van der Waals surface area contributed by atoms with Gasteiger partial charge < -0.3 is 9.72 Å². The lowest BCUT2D eigenvalue weighted by Crippen LogP contribution is -2.24. The van der Waals surface area contributed by atoms with Crippen molar-refractivity contribution in [2.45, 2.75) is 40.0 Å². The van der Waals surface area contributed by atoms with E-state index in [2.05, 4.69) is 11.9 Å². The fourth-order valence-corrected chi connectivity index (χ4v) is 4.32. The zero-order chi connectivity index (χ0) is 19.8. The normalized spacial score (nSPS) is 15.9. The summed E-state index contributed by atoms with van der Waals surface area (Å²) in [5, 5.41) is 0.650. The molecule has 0 radical (unpaired) electrons. The number of hydrogen-bond acceptors (Lipinski definition) is 2. The van der Waals surface area contributed by atoms with Crippen molar-refractivity contribution in [3.63, 3.8) is 0 Å². The van der Waals surface area contributed by atoms with Crippen molar-refractivity contribution in [2.24, 2.45) is 5.92 Å². The number of nitrogens with one attached hydrogen (secondary N) is 1. The summed E-state index contributed by atoms with van der Waals surface area (Å²) in [6.07, 6.45) is 2.89. The van der Waals surface area contributed by atoms with Gasteiger partial charge >= 0.3 is 0 Å². The van der Waals surface area contributed by atoms with E-state index in [1.54, 1.807) is 6.07 Å². The number of halogens is 1. The Morgan fingerprint density at radius 2 is 1.82 bits per heavy atom. The van der Waals surface area contributed by atoms with E-state index in [1.165, 1.54) is 0 Å². The topological polar surface area (TPSA) is 42.1 Å². The maximum atomic E-state index is 13.1. The van der Waals surface area contributed by atoms with E-state index in [0.717, 1.165) is 52.9 Å². The van der Waals surface area contributed by atoms with E-state index in [4.69, 9.17) is 16.3 Å². The van der Waals surface area contributed by atoms with Crippen LogP contribution in [0.3, 0.4) is 0 Å². The lowest BCUT2D eigenvalue weighted by Gasteiger charge is -2.22. The molecule has 4 heteroatoms. The molecule has 1 aliphatic carbocycles. The third kappa shape index (κ3) is 3.72. The fraction of sp³-hybridized carbons (Fsp3) is 0.292. The molecule has 0 saturated carbocycles. The van der Waals surface area contributed by atoms with Crippen LogP contribution in [0.25, 0.3) is 11.1 Å². The number of fused-ring (bicyclic) bond motifs is 1. The number of aromatic amines is 1. The summed E-state index contributed by atoms with van der Waals surface area (Å²) in [5.41, 5.74) is 5.88. The highest BCUT2D eigenvalue weighted by Gasteiger charge is 2.21. The van der Waals surface area contributed by atoms with E-state index >= 15 is 0 Å². The molecule has 0 saturated heterocycles. The van der Waals surface area contributed by atoms with Gasteiger partial charge in [-0.1, -0.05) is 30.7 Å². The van der Waals surface area contributed by atoms with Crippen molar-refractivity contribution in [3.05, 3.63) is 80.2 Å². The highest BCUT2D eigenvalue weighted by atomic mass is 35.5. The molecule has 0 bridgehead atoms. The van der Waals surface area contributed by atoms with Crippen LogP contribution in [0.5, 0.6) is 11.5 Å². The van der Waals surface area contributed by atoms with Crippen LogP contribution in [0.4, 0.5) is 0 Å².